The topological polar surface area (TPSA) is 29.3 Å². The van der Waals surface area contributed by atoms with Crippen molar-refractivity contribution in [3.8, 4) is 0 Å². The summed E-state index contributed by atoms with van der Waals surface area (Å²) < 4.78 is 36.7. The second-order valence-corrected chi connectivity index (χ2v) is 4.28. The van der Waals surface area contributed by atoms with Crippen LogP contribution in [0, 0.1) is 6.92 Å². The zero-order valence-electron chi connectivity index (χ0n) is 9.51. The van der Waals surface area contributed by atoms with Crippen LogP contribution >= 0.6 is 12.2 Å². The van der Waals surface area contributed by atoms with Crippen molar-refractivity contribution in [3.63, 3.8) is 0 Å². The largest absolute Gasteiger partial charge is 0.405 e. The number of alkyl halides is 3. The number of hydrogen-bond acceptors (Lipinski definition) is 2. The van der Waals surface area contributed by atoms with Crippen molar-refractivity contribution in [2.75, 3.05) is 18.5 Å². The van der Waals surface area contributed by atoms with Crippen LogP contribution in [0.5, 0.6) is 0 Å². The maximum Gasteiger partial charge on any atom is 0.405 e. The smallest absolute Gasteiger partial charge is 0.389 e. The molecule has 94 valence electrons. The van der Waals surface area contributed by atoms with Crippen LogP contribution in [-0.2, 0) is 0 Å². The lowest BCUT2D eigenvalue weighted by atomic mass is 10.1. The first-order valence-electron chi connectivity index (χ1n) is 4.89. The van der Waals surface area contributed by atoms with Gasteiger partial charge in [-0.1, -0.05) is 12.2 Å². The van der Waals surface area contributed by atoms with Gasteiger partial charge in [-0.05, 0) is 30.7 Å². The Labute approximate surface area is 103 Å². The molecule has 0 amide bonds. The molecule has 0 atom stereocenters. The number of nitrogens with zero attached hydrogens (tertiary/aromatic N) is 1. The summed E-state index contributed by atoms with van der Waals surface area (Å²) in [6.45, 7) is 0.740. The molecule has 1 aromatic rings. The van der Waals surface area contributed by atoms with E-state index in [1.165, 1.54) is 7.05 Å². The number of anilines is 1. The number of rotatable bonds is 3. The highest BCUT2D eigenvalue weighted by atomic mass is 32.1. The molecule has 0 saturated heterocycles. The number of halogens is 3. The highest BCUT2D eigenvalue weighted by Gasteiger charge is 2.29. The molecule has 2 N–H and O–H groups in total. The average molecular weight is 262 g/mol. The highest BCUT2D eigenvalue weighted by Crippen LogP contribution is 2.24. The molecule has 0 fully saturated rings. The van der Waals surface area contributed by atoms with E-state index >= 15 is 0 Å². The van der Waals surface area contributed by atoms with Crippen molar-refractivity contribution >= 4 is 22.9 Å². The quantitative estimate of drug-likeness (QED) is 0.849. The Kier molecular flexibility index (Phi) is 3.98. The predicted octanol–water partition coefficient (Wildman–Crippen LogP) is 2.63. The van der Waals surface area contributed by atoms with Gasteiger partial charge in [0.15, 0.2) is 0 Å². The summed E-state index contributed by atoms with van der Waals surface area (Å²) in [5, 5.41) is 0. The minimum atomic E-state index is -4.22. The summed E-state index contributed by atoms with van der Waals surface area (Å²) in [6.07, 6.45) is -4.22. The molecular weight excluding hydrogens is 249 g/mol. The summed E-state index contributed by atoms with van der Waals surface area (Å²) in [7, 11) is 1.40. The van der Waals surface area contributed by atoms with Gasteiger partial charge >= 0.3 is 6.18 Å². The van der Waals surface area contributed by atoms with Gasteiger partial charge < -0.3 is 10.6 Å². The van der Waals surface area contributed by atoms with Gasteiger partial charge in [0, 0.05) is 18.3 Å². The number of nitrogens with two attached hydrogens (primary N) is 1. The Bertz CT molecular complexity index is 429. The van der Waals surface area contributed by atoms with E-state index in [0.29, 0.717) is 16.8 Å². The third-order valence-electron chi connectivity index (χ3n) is 2.31. The molecule has 1 aromatic carbocycles. The Balaban J connectivity index is 2.96. The molecule has 0 aliphatic carbocycles. The molecule has 0 radical (unpaired) electrons. The van der Waals surface area contributed by atoms with Crippen LogP contribution in [0.15, 0.2) is 18.2 Å². The van der Waals surface area contributed by atoms with E-state index in [0.717, 1.165) is 4.90 Å². The minimum absolute atomic E-state index is 0.234. The number of aryl methyl sites for hydroxylation is 1. The summed E-state index contributed by atoms with van der Waals surface area (Å²) >= 11 is 4.80. The van der Waals surface area contributed by atoms with Crippen molar-refractivity contribution in [2.45, 2.75) is 13.1 Å². The first-order valence-corrected chi connectivity index (χ1v) is 5.30. The van der Waals surface area contributed by atoms with Gasteiger partial charge in [0.1, 0.15) is 11.5 Å². The molecule has 17 heavy (non-hydrogen) atoms. The van der Waals surface area contributed by atoms with Gasteiger partial charge in [0.25, 0.3) is 0 Å². The number of benzene rings is 1. The Morgan fingerprint density at radius 1 is 1.41 bits per heavy atom. The lowest BCUT2D eigenvalue weighted by Crippen LogP contribution is -2.31. The maximum absolute atomic E-state index is 12.2. The van der Waals surface area contributed by atoms with Crippen LogP contribution in [-0.4, -0.2) is 24.8 Å². The first-order chi connectivity index (χ1) is 7.70. The molecule has 0 aliphatic rings. The molecule has 1 rings (SSSR count). The zero-order valence-corrected chi connectivity index (χ0v) is 10.3. The van der Waals surface area contributed by atoms with Gasteiger partial charge in [0.2, 0.25) is 0 Å². The monoisotopic (exact) mass is 262 g/mol. The zero-order chi connectivity index (χ0) is 13.2. The van der Waals surface area contributed by atoms with Crippen molar-refractivity contribution < 1.29 is 13.2 Å². The van der Waals surface area contributed by atoms with Crippen molar-refractivity contribution in [3.05, 3.63) is 29.3 Å². The molecule has 0 aliphatic heterocycles. The van der Waals surface area contributed by atoms with E-state index in [-0.39, 0.29) is 4.99 Å². The Hall–Kier alpha value is -1.30. The van der Waals surface area contributed by atoms with Crippen molar-refractivity contribution in [1.29, 1.82) is 0 Å². The van der Waals surface area contributed by atoms with Crippen molar-refractivity contribution in [2.24, 2.45) is 5.73 Å². The Morgan fingerprint density at radius 2 is 2.00 bits per heavy atom. The summed E-state index contributed by atoms with van der Waals surface area (Å²) in [5.41, 5.74) is 7.33. The SMILES string of the molecule is Cc1cc(C(N)=S)ccc1N(C)CC(F)(F)F. The van der Waals surface area contributed by atoms with E-state index in [1.807, 2.05) is 0 Å². The van der Waals surface area contributed by atoms with Crippen LogP contribution in [0.3, 0.4) is 0 Å². The molecule has 0 spiro atoms. The van der Waals surface area contributed by atoms with Gasteiger partial charge in [-0.3, -0.25) is 0 Å². The third kappa shape index (κ3) is 3.89. The summed E-state index contributed by atoms with van der Waals surface area (Å²) in [6, 6.07) is 4.90. The standard InChI is InChI=1S/C11H13F3N2S/c1-7-5-8(10(15)17)3-4-9(7)16(2)6-11(12,13)14/h3-5H,6H2,1-2H3,(H2,15,17). The number of hydrogen-bond donors (Lipinski definition) is 1. The van der Waals surface area contributed by atoms with E-state index < -0.39 is 12.7 Å². The average Bonchev–Trinajstić information content (AvgIpc) is 2.14. The molecule has 0 heterocycles. The van der Waals surface area contributed by atoms with Gasteiger partial charge in [-0.25, -0.2) is 0 Å². The van der Waals surface area contributed by atoms with Crippen LogP contribution in [0.2, 0.25) is 0 Å². The fourth-order valence-corrected chi connectivity index (χ4v) is 1.72. The van der Waals surface area contributed by atoms with Gasteiger partial charge in [0.05, 0.1) is 0 Å². The third-order valence-corrected chi connectivity index (χ3v) is 2.54. The van der Waals surface area contributed by atoms with E-state index in [1.54, 1.807) is 25.1 Å². The molecule has 6 heteroatoms. The predicted molar refractivity (Wildman–Crippen MR) is 66.4 cm³/mol. The van der Waals surface area contributed by atoms with Gasteiger partial charge in [-0.15, -0.1) is 0 Å². The van der Waals surface area contributed by atoms with Crippen LogP contribution in [0.25, 0.3) is 0 Å². The lowest BCUT2D eigenvalue weighted by Gasteiger charge is -2.23. The first kappa shape index (κ1) is 13.8. The maximum atomic E-state index is 12.2. The van der Waals surface area contributed by atoms with E-state index in [4.69, 9.17) is 18.0 Å². The fraction of sp³-hybridized carbons (Fsp3) is 0.364. The van der Waals surface area contributed by atoms with E-state index in [9.17, 15) is 13.2 Å². The summed E-state index contributed by atoms with van der Waals surface area (Å²) in [5.74, 6) is 0. The van der Waals surface area contributed by atoms with Gasteiger partial charge in [-0.2, -0.15) is 13.2 Å². The second-order valence-electron chi connectivity index (χ2n) is 3.84. The fourth-order valence-electron chi connectivity index (χ4n) is 1.59. The molecule has 0 bridgehead atoms. The van der Waals surface area contributed by atoms with Crippen molar-refractivity contribution in [1.82, 2.24) is 0 Å². The van der Waals surface area contributed by atoms with Crippen LogP contribution in [0.1, 0.15) is 11.1 Å². The second kappa shape index (κ2) is 4.91. The van der Waals surface area contributed by atoms with Crippen LogP contribution < -0.4 is 10.6 Å². The molecule has 0 saturated carbocycles. The van der Waals surface area contributed by atoms with E-state index in [2.05, 4.69) is 0 Å². The molecule has 2 nitrogen and oxygen atoms in total. The molecule has 0 aromatic heterocycles. The molecule has 0 unspecified atom stereocenters. The normalized spacial score (nSPS) is 11.4. The molecular formula is C11H13F3N2S. The highest BCUT2D eigenvalue weighted by molar-refractivity contribution is 7.80. The minimum Gasteiger partial charge on any atom is -0.389 e. The van der Waals surface area contributed by atoms with Crippen LogP contribution in [0.4, 0.5) is 18.9 Å². The Morgan fingerprint density at radius 3 is 2.41 bits per heavy atom. The lowest BCUT2D eigenvalue weighted by molar-refractivity contribution is -0.119. The summed E-state index contributed by atoms with van der Waals surface area (Å²) in [4.78, 5) is 1.39. The number of thiocarbonyl (C=S) groups is 1.